The first-order chi connectivity index (χ1) is 9.29. The van der Waals surface area contributed by atoms with Crippen molar-refractivity contribution >= 4 is 26.7 Å². The first-order valence-corrected chi connectivity index (χ1v) is 9.06. The number of aryl methyl sites for hydroxylation is 1. The Labute approximate surface area is 119 Å². The maximum absolute atomic E-state index is 12.1. The number of nitrogens with zero attached hydrogens (tertiary/aromatic N) is 1. The van der Waals surface area contributed by atoms with Crippen molar-refractivity contribution < 1.29 is 17.4 Å². The quantitative estimate of drug-likeness (QED) is 0.657. The molecule has 20 heavy (non-hydrogen) atoms. The van der Waals surface area contributed by atoms with E-state index in [9.17, 15) is 17.4 Å². The topological polar surface area (TPSA) is 135 Å². The van der Waals surface area contributed by atoms with Gasteiger partial charge in [0.1, 0.15) is 4.90 Å². The Hall–Kier alpha value is -1.26. The number of aromatic amines is 1. The summed E-state index contributed by atoms with van der Waals surface area (Å²) in [5, 5.41) is 13.9. The van der Waals surface area contributed by atoms with Crippen molar-refractivity contribution in [3.63, 3.8) is 0 Å². The summed E-state index contributed by atoms with van der Waals surface area (Å²) in [6.07, 6.45) is 1.21. The zero-order valence-corrected chi connectivity index (χ0v) is 12.5. The van der Waals surface area contributed by atoms with Crippen LogP contribution < -0.4 is 10.5 Å². The SMILES string of the molecule is Cc1[nH]nc(C(=O)NC2CCS(=O)CC2)c1S(N)(=O)=O. The lowest BCUT2D eigenvalue weighted by Gasteiger charge is -2.22. The number of carbonyl (C=O) groups is 1. The van der Waals surface area contributed by atoms with Gasteiger partial charge in [0.05, 0.1) is 5.69 Å². The van der Waals surface area contributed by atoms with E-state index in [1.807, 2.05) is 0 Å². The number of nitrogens with two attached hydrogens (primary N) is 1. The van der Waals surface area contributed by atoms with E-state index in [0.717, 1.165) is 0 Å². The summed E-state index contributed by atoms with van der Waals surface area (Å²) in [6.45, 7) is 1.48. The van der Waals surface area contributed by atoms with E-state index in [1.165, 1.54) is 6.92 Å². The number of H-pyrrole nitrogens is 1. The van der Waals surface area contributed by atoms with Crippen LogP contribution >= 0.6 is 0 Å². The van der Waals surface area contributed by atoms with Gasteiger partial charge in [-0.15, -0.1) is 0 Å². The maximum Gasteiger partial charge on any atom is 0.273 e. The van der Waals surface area contributed by atoms with Crippen molar-refractivity contribution in [3.05, 3.63) is 11.4 Å². The van der Waals surface area contributed by atoms with Gasteiger partial charge in [-0.2, -0.15) is 5.10 Å². The van der Waals surface area contributed by atoms with Crippen LogP contribution in [0.1, 0.15) is 29.0 Å². The Balaban J connectivity index is 2.16. The minimum Gasteiger partial charge on any atom is -0.348 e. The molecule has 112 valence electrons. The molecule has 0 bridgehead atoms. The molecule has 0 atom stereocenters. The Morgan fingerprint density at radius 2 is 2.05 bits per heavy atom. The molecule has 0 radical (unpaired) electrons. The number of aromatic nitrogens is 2. The van der Waals surface area contributed by atoms with Crippen molar-refractivity contribution in [2.45, 2.75) is 30.7 Å². The van der Waals surface area contributed by atoms with Crippen LogP contribution in [-0.2, 0) is 20.8 Å². The summed E-state index contributed by atoms with van der Waals surface area (Å²) in [4.78, 5) is 11.8. The average molecular weight is 320 g/mol. The van der Waals surface area contributed by atoms with Crippen molar-refractivity contribution in [2.75, 3.05) is 11.5 Å². The fourth-order valence-electron chi connectivity index (χ4n) is 2.11. The van der Waals surface area contributed by atoms with Crippen molar-refractivity contribution in [2.24, 2.45) is 5.14 Å². The van der Waals surface area contributed by atoms with E-state index < -0.39 is 26.7 Å². The normalized spacial score (nSPS) is 23.5. The lowest BCUT2D eigenvalue weighted by molar-refractivity contribution is 0.0926. The summed E-state index contributed by atoms with van der Waals surface area (Å²) >= 11 is 0. The highest BCUT2D eigenvalue weighted by atomic mass is 32.2. The minimum absolute atomic E-state index is 0.120. The van der Waals surface area contributed by atoms with Gasteiger partial charge in [0.25, 0.3) is 5.91 Å². The number of nitrogens with one attached hydrogen (secondary N) is 2. The van der Waals surface area contributed by atoms with Gasteiger partial charge in [-0.3, -0.25) is 14.1 Å². The summed E-state index contributed by atoms with van der Waals surface area (Å²) in [5.74, 6) is 0.482. The molecule has 1 saturated heterocycles. The van der Waals surface area contributed by atoms with Crippen LogP contribution in [0.5, 0.6) is 0 Å². The predicted octanol–water partition coefficient (Wildman–Crippen LogP) is -0.994. The van der Waals surface area contributed by atoms with Gasteiger partial charge in [-0.05, 0) is 19.8 Å². The lowest BCUT2D eigenvalue weighted by Crippen LogP contribution is -2.40. The van der Waals surface area contributed by atoms with Crippen LogP contribution in [0, 0.1) is 6.92 Å². The first kappa shape index (κ1) is 15.1. The summed E-state index contributed by atoms with van der Waals surface area (Å²) in [5.41, 5.74) is -0.000839. The largest absolute Gasteiger partial charge is 0.348 e. The third kappa shape index (κ3) is 3.25. The van der Waals surface area contributed by atoms with Gasteiger partial charge in [0.2, 0.25) is 10.0 Å². The second kappa shape index (κ2) is 5.62. The Morgan fingerprint density at radius 1 is 1.45 bits per heavy atom. The van der Waals surface area contributed by atoms with Crippen LogP contribution in [-0.4, -0.2) is 46.3 Å². The number of hydrogen-bond acceptors (Lipinski definition) is 5. The summed E-state index contributed by atoms with van der Waals surface area (Å²) in [7, 11) is -4.84. The maximum atomic E-state index is 12.1. The third-order valence-electron chi connectivity index (χ3n) is 3.11. The second-order valence-electron chi connectivity index (χ2n) is 4.67. The van der Waals surface area contributed by atoms with E-state index in [2.05, 4.69) is 15.5 Å². The molecule has 0 aromatic carbocycles. The Bertz CT molecular complexity index is 642. The molecular formula is C10H16N4O4S2. The zero-order chi connectivity index (χ0) is 14.9. The van der Waals surface area contributed by atoms with E-state index >= 15 is 0 Å². The molecule has 1 amide bonds. The van der Waals surface area contributed by atoms with Crippen LogP contribution in [0.15, 0.2) is 4.90 Å². The number of primary sulfonamides is 1. The molecule has 1 aromatic rings. The van der Waals surface area contributed by atoms with E-state index in [4.69, 9.17) is 5.14 Å². The zero-order valence-electron chi connectivity index (χ0n) is 10.9. The van der Waals surface area contributed by atoms with Crippen LogP contribution in [0.2, 0.25) is 0 Å². The Kier molecular flexibility index (Phi) is 4.25. The minimum atomic E-state index is -4.02. The van der Waals surface area contributed by atoms with E-state index in [1.54, 1.807) is 0 Å². The van der Waals surface area contributed by atoms with Gasteiger partial charge in [-0.1, -0.05) is 0 Å². The van der Waals surface area contributed by atoms with E-state index in [-0.39, 0.29) is 22.3 Å². The van der Waals surface area contributed by atoms with Crippen molar-refractivity contribution in [1.29, 1.82) is 0 Å². The van der Waals surface area contributed by atoms with Gasteiger partial charge < -0.3 is 5.32 Å². The number of sulfonamides is 1. The van der Waals surface area contributed by atoms with Crippen LogP contribution in [0.4, 0.5) is 0 Å². The predicted molar refractivity (Wildman–Crippen MR) is 73.1 cm³/mol. The molecule has 2 heterocycles. The molecule has 0 saturated carbocycles. The van der Waals surface area contributed by atoms with Crippen molar-refractivity contribution in [1.82, 2.24) is 15.5 Å². The highest BCUT2D eigenvalue weighted by Crippen LogP contribution is 2.17. The van der Waals surface area contributed by atoms with Gasteiger partial charge in [0.15, 0.2) is 5.69 Å². The van der Waals surface area contributed by atoms with Gasteiger partial charge in [0, 0.05) is 28.3 Å². The van der Waals surface area contributed by atoms with Crippen molar-refractivity contribution in [3.8, 4) is 0 Å². The molecule has 4 N–H and O–H groups in total. The smallest absolute Gasteiger partial charge is 0.273 e. The molecular weight excluding hydrogens is 304 g/mol. The molecule has 10 heteroatoms. The molecule has 8 nitrogen and oxygen atoms in total. The fraction of sp³-hybridized carbons (Fsp3) is 0.600. The highest BCUT2D eigenvalue weighted by molar-refractivity contribution is 7.89. The molecule has 0 spiro atoms. The number of carbonyl (C=O) groups excluding carboxylic acids is 1. The average Bonchev–Trinajstić information content (AvgIpc) is 2.74. The standard InChI is InChI=1S/C10H16N4O4S2/c1-6-9(20(11,17)18)8(14-13-6)10(15)12-7-2-4-19(16)5-3-7/h7H,2-5H2,1H3,(H,12,15)(H,13,14)(H2,11,17,18). The number of amides is 1. The van der Waals surface area contributed by atoms with E-state index in [0.29, 0.717) is 24.3 Å². The molecule has 1 aliphatic heterocycles. The fourth-order valence-corrected chi connectivity index (χ4v) is 4.29. The van der Waals surface area contributed by atoms with Gasteiger partial charge >= 0.3 is 0 Å². The number of hydrogen-bond donors (Lipinski definition) is 3. The molecule has 1 aromatic heterocycles. The summed E-state index contributed by atoms with van der Waals surface area (Å²) < 4.78 is 34.2. The lowest BCUT2D eigenvalue weighted by atomic mass is 10.1. The Morgan fingerprint density at radius 3 is 2.60 bits per heavy atom. The number of rotatable bonds is 3. The van der Waals surface area contributed by atoms with Crippen LogP contribution in [0.3, 0.4) is 0 Å². The van der Waals surface area contributed by atoms with Gasteiger partial charge in [-0.25, -0.2) is 13.6 Å². The first-order valence-electron chi connectivity index (χ1n) is 6.02. The monoisotopic (exact) mass is 320 g/mol. The molecule has 0 aliphatic carbocycles. The third-order valence-corrected chi connectivity index (χ3v) is 5.56. The summed E-state index contributed by atoms with van der Waals surface area (Å²) in [6, 6.07) is -0.120. The second-order valence-corrected chi connectivity index (χ2v) is 7.86. The molecule has 1 aliphatic rings. The highest BCUT2D eigenvalue weighted by Gasteiger charge is 2.28. The molecule has 1 fully saturated rings. The molecule has 0 unspecified atom stereocenters. The van der Waals surface area contributed by atoms with Crippen LogP contribution in [0.25, 0.3) is 0 Å². The molecule has 2 rings (SSSR count).